The summed E-state index contributed by atoms with van der Waals surface area (Å²) >= 11 is 5.78. The van der Waals surface area contributed by atoms with Gasteiger partial charge < -0.3 is 0 Å². The topological polar surface area (TPSA) is 40.9 Å². The fourth-order valence-electron chi connectivity index (χ4n) is 1.99. The van der Waals surface area contributed by atoms with Crippen LogP contribution in [0.15, 0.2) is 42.5 Å². The van der Waals surface area contributed by atoms with Gasteiger partial charge in [0, 0.05) is 10.6 Å². The second-order valence-electron chi connectivity index (χ2n) is 4.50. The summed E-state index contributed by atoms with van der Waals surface area (Å²) in [6, 6.07) is 12.5. The van der Waals surface area contributed by atoms with Crippen LogP contribution in [0.2, 0.25) is 5.02 Å². The van der Waals surface area contributed by atoms with Crippen molar-refractivity contribution < 1.29 is 9.18 Å². The Hall–Kier alpha value is -2.18. The Balaban J connectivity index is 2.39. The maximum absolute atomic E-state index is 13.4. The van der Waals surface area contributed by atoms with E-state index < -0.39 is 17.5 Å². The van der Waals surface area contributed by atoms with Crippen LogP contribution in [0.3, 0.4) is 0 Å². The first-order valence-corrected chi connectivity index (χ1v) is 6.35. The molecular formula is C16H11ClFNO. The summed E-state index contributed by atoms with van der Waals surface area (Å²) < 4.78 is 13.4. The summed E-state index contributed by atoms with van der Waals surface area (Å²) in [6.45, 7) is 1.70. The van der Waals surface area contributed by atoms with Gasteiger partial charge in [0.05, 0.1) is 6.07 Å². The number of carbonyl (C=O) groups excluding carboxylic acids is 1. The maximum Gasteiger partial charge on any atom is 0.184 e. The summed E-state index contributed by atoms with van der Waals surface area (Å²) in [4.78, 5) is 12.3. The van der Waals surface area contributed by atoms with E-state index in [1.165, 1.54) is 6.07 Å². The van der Waals surface area contributed by atoms with Gasteiger partial charge in [0.25, 0.3) is 0 Å². The quantitative estimate of drug-likeness (QED) is 0.791. The summed E-state index contributed by atoms with van der Waals surface area (Å²) in [5.74, 6) is -1.87. The van der Waals surface area contributed by atoms with Gasteiger partial charge in [-0.2, -0.15) is 5.26 Å². The van der Waals surface area contributed by atoms with Crippen molar-refractivity contribution in [2.75, 3.05) is 0 Å². The van der Waals surface area contributed by atoms with Crippen molar-refractivity contribution in [3.63, 3.8) is 0 Å². The van der Waals surface area contributed by atoms with Crippen molar-refractivity contribution in [3.8, 4) is 6.07 Å². The third kappa shape index (κ3) is 3.04. The second-order valence-corrected chi connectivity index (χ2v) is 4.93. The molecule has 1 atom stereocenters. The molecule has 0 aliphatic rings. The van der Waals surface area contributed by atoms with Gasteiger partial charge in [-0.1, -0.05) is 23.7 Å². The molecule has 2 rings (SSSR count). The normalized spacial score (nSPS) is 11.7. The molecule has 0 saturated carbocycles. The molecule has 0 spiro atoms. The maximum atomic E-state index is 13.4. The molecule has 4 heteroatoms. The largest absolute Gasteiger partial charge is 0.292 e. The standard InChI is InChI=1S/C16H11ClFNO/c1-10-6-12(8-14(18)7-10)16(20)15(9-19)11-2-4-13(17)5-3-11/h2-8,15H,1H3. The van der Waals surface area contributed by atoms with E-state index in [0.717, 1.165) is 6.07 Å². The lowest BCUT2D eigenvalue weighted by Gasteiger charge is -2.09. The van der Waals surface area contributed by atoms with E-state index in [1.54, 1.807) is 37.3 Å². The predicted molar refractivity (Wildman–Crippen MR) is 75.3 cm³/mol. The Bertz CT molecular complexity index is 668. The Morgan fingerprint density at radius 1 is 1.25 bits per heavy atom. The van der Waals surface area contributed by atoms with Gasteiger partial charge in [-0.15, -0.1) is 0 Å². The van der Waals surface area contributed by atoms with Crippen LogP contribution in [0.1, 0.15) is 27.4 Å². The predicted octanol–water partition coefficient (Wildman–Crippen LogP) is 4.28. The molecule has 0 heterocycles. The zero-order chi connectivity index (χ0) is 14.7. The highest BCUT2D eigenvalue weighted by Gasteiger charge is 2.22. The number of benzene rings is 2. The molecule has 0 N–H and O–H groups in total. The second kappa shape index (κ2) is 5.85. The molecular weight excluding hydrogens is 277 g/mol. The van der Waals surface area contributed by atoms with Crippen LogP contribution in [-0.2, 0) is 0 Å². The first-order valence-electron chi connectivity index (χ1n) is 5.98. The Kier molecular flexibility index (Phi) is 4.16. The fourth-order valence-corrected chi connectivity index (χ4v) is 2.11. The fraction of sp³-hybridized carbons (Fsp3) is 0.125. The minimum absolute atomic E-state index is 0.198. The highest BCUT2D eigenvalue weighted by atomic mass is 35.5. The van der Waals surface area contributed by atoms with Gasteiger partial charge in [-0.05, 0) is 48.4 Å². The summed E-state index contributed by atoms with van der Waals surface area (Å²) in [6.07, 6.45) is 0. The SMILES string of the molecule is Cc1cc(F)cc(C(=O)C(C#N)c2ccc(Cl)cc2)c1. The minimum Gasteiger partial charge on any atom is -0.292 e. The Morgan fingerprint density at radius 3 is 2.45 bits per heavy atom. The van der Waals surface area contributed by atoms with Gasteiger partial charge in [0.15, 0.2) is 5.78 Å². The highest BCUT2D eigenvalue weighted by Crippen LogP contribution is 2.23. The molecule has 0 aromatic heterocycles. The van der Waals surface area contributed by atoms with E-state index in [-0.39, 0.29) is 5.56 Å². The Morgan fingerprint density at radius 2 is 1.90 bits per heavy atom. The van der Waals surface area contributed by atoms with Crippen LogP contribution in [-0.4, -0.2) is 5.78 Å². The number of carbonyl (C=O) groups is 1. The van der Waals surface area contributed by atoms with Crippen molar-refractivity contribution in [1.82, 2.24) is 0 Å². The third-order valence-corrected chi connectivity index (χ3v) is 3.17. The number of halogens is 2. The van der Waals surface area contributed by atoms with E-state index in [0.29, 0.717) is 16.1 Å². The first-order chi connectivity index (χ1) is 9.51. The number of nitriles is 1. The van der Waals surface area contributed by atoms with Gasteiger partial charge in [0.1, 0.15) is 11.7 Å². The summed E-state index contributed by atoms with van der Waals surface area (Å²) in [5, 5.41) is 9.75. The van der Waals surface area contributed by atoms with E-state index in [9.17, 15) is 14.4 Å². The molecule has 0 fully saturated rings. The number of aryl methyl sites for hydroxylation is 1. The molecule has 100 valence electrons. The lowest BCUT2D eigenvalue weighted by atomic mass is 9.91. The number of hydrogen-bond donors (Lipinski definition) is 0. The number of nitrogens with zero attached hydrogens (tertiary/aromatic N) is 1. The van der Waals surface area contributed by atoms with Crippen LogP contribution in [0, 0.1) is 24.1 Å². The first kappa shape index (κ1) is 14.2. The van der Waals surface area contributed by atoms with Crippen LogP contribution in [0.5, 0.6) is 0 Å². The highest BCUT2D eigenvalue weighted by molar-refractivity contribution is 6.30. The molecule has 0 bridgehead atoms. The van der Waals surface area contributed by atoms with Crippen LogP contribution in [0.4, 0.5) is 4.39 Å². The summed E-state index contributed by atoms with van der Waals surface area (Å²) in [7, 11) is 0. The molecule has 0 saturated heterocycles. The molecule has 0 radical (unpaired) electrons. The van der Waals surface area contributed by atoms with E-state index >= 15 is 0 Å². The van der Waals surface area contributed by atoms with Gasteiger partial charge in [0.2, 0.25) is 0 Å². The van der Waals surface area contributed by atoms with Crippen LogP contribution >= 0.6 is 11.6 Å². The number of Topliss-reactive ketones (excluding diaryl/α,β-unsaturated/α-hetero) is 1. The monoisotopic (exact) mass is 287 g/mol. The van der Waals surface area contributed by atoms with Crippen LogP contribution < -0.4 is 0 Å². The molecule has 2 aromatic rings. The van der Waals surface area contributed by atoms with Crippen molar-refractivity contribution in [3.05, 3.63) is 70.0 Å². The van der Waals surface area contributed by atoms with E-state index in [2.05, 4.69) is 0 Å². The molecule has 0 amide bonds. The average Bonchev–Trinajstić information content (AvgIpc) is 2.40. The van der Waals surface area contributed by atoms with E-state index in [1.807, 2.05) is 6.07 Å². The smallest absolute Gasteiger partial charge is 0.184 e. The number of ketones is 1. The molecule has 2 nitrogen and oxygen atoms in total. The lowest BCUT2D eigenvalue weighted by Crippen LogP contribution is -2.11. The minimum atomic E-state index is -0.964. The molecule has 1 unspecified atom stereocenters. The average molecular weight is 288 g/mol. The summed E-state index contributed by atoms with van der Waals surface area (Å²) in [5.41, 5.74) is 1.38. The number of rotatable bonds is 3. The third-order valence-electron chi connectivity index (χ3n) is 2.92. The molecule has 0 aliphatic heterocycles. The van der Waals surface area contributed by atoms with Crippen LogP contribution in [0.25, 0.3) is 0 Å². The zero-order valence-corrected chi connectivity index (χ0v) is 11.5. The number of hydrogen-bond acceptors (Lipinski definition) is 2. The molecule has 20 heavy (non-hydrogen) atoms. The van der Waals surface area contributed by atoms with Crippen molar-refractivity contribution in [2.24, 2.45) is 0 Å². The van der Waals surface area contributed by atoms with E-state index in [4.69, 9.17) is 11.6 Å². The van der Waals surface area contributed by atoms with Crippen molar-refractivity contribution >= 4 is 17.4 Å². The molecule has 0 aliphatic carbocycles. The van der Waals surface area contributed by atoms with Crippen molar-refractivity contribution in [1.29, 1.82) is 5.26 Å². The van der Waals surface area contributed by atoms with Gasteiger partial charge in [-0.3, -0.25) is 4.79 Å². The van der Waals surface area contributed by atoms with Gasteiger partial charge in [-0.25, -0.2) is 4.39 Å². The molecule has 2 aromatic carbocycles. The van der Waals surface area contributed by atoms with Gasteiger partial charge >= 0.3 is 0 Å². The Labute approximate surface area is 121 Å². The zero-order valence-electron chi connectivity index (χ0n) is 10.7. The lowest BCUT2D eigenvalue weighted by molar-refractivity contribution is 0.0978. The van der Waals surface area contributed by atoms with Crippen molar-refractivity contribution in [2.45, 2.75) is 12.8 Å².